The van der Waals surface area contributed by atoms with Gasteiger partial charge in [0.05, 0.1) is 4.90 Å². The molecule has 0 bridgehead atoms. The zero-order valence-corrected chi connectivity index (χ0v) is 13.0. The minimum Gasteiger partial charge on any atom is -0.396 e. The van der Waals surface area contributed by atoms with E-state index in [1.165, 1.54) is 4.31 Å². The highest BCUT2D eigenvalue weighted by molar-refractivity contribution is 7.89. The molecular weight excluding hydrogens is 286 g/mol. The average molecular weight is 306 g/mol. The van der Waals surface area contributed by atoms with Crippen molar-refractivity contribution in [3.8, 4) is 0 Å². The molecule has 0 saturated carbocycles. The van der Waals surface area contributed by atoms with E-state index in [0.29, 0.717) is 23.6 Å². The van der Waals surface area contributed by atoms with Crippen molar-refractivity contribution >= 4 is 21.6 Å². The minimum absolute atomic E-state index is 0.0345. The van der Waals surface area contributed by atoms with Crippen molar-refractivity contribution in [2.24, 2.45) is 0 Å². The second-order valence-corrected chi connectivity index (χ2v) is 6.92. The summed E-state index contributed by atoms with van der Waals surface area (Å²) >= 11 is 5.99. The van der Waals surface area contributed by atoms with Crippen LogP contribution in [-0.2, 0) is 10.0 Å². The van der Waals surface area contributed by atoms with Crippen LogP contribution in [0, 0.1) is 6.92 Å². The van der Waals surface area contributed by atoms with Crippen molar-refractivity contribution in [3.05, 3.63) is 28.8 Å². The van der Waals surface area contributed by atoms with Gasteiger partial charge in [0, 0.05) is 24.2 Å². The summed E-state index contributed by atoms with van der Waals surface area (Å²) in [6.45, 7) is 5.58. The predicted molar refractivity (Wildman–Crippen MR) is 76.9 cm³/mol. The lowest BCUT2D eigenvalue weighted by atomic mass is 10.2. The SMILES string of the molecule is Cc1c(Cl)cccc1S(=O)(=O)N(CCCO)C(C)C. The van der Waals surface area contributed by atoms with Crippen LogP contribution in [0.4, 0.5) is 0 Å². The molecule has 0 aromatic heterocycles. The normalized spacial score (nSPS) is 12.4. The molecule has 0 aliphatic heterocycles. The molecule has 1 aromatic carbocycles. The summed E-state index contributed by atoms with van der Waals surface area (Å²) in [4.78, 5) is 0.228. The van der Waals surface area contributed by atoms with E-state index in [9.17, 15) is 8.42 Å². The van der Waals surface area contributed by atoms with Crippen molar-refractivity contribution in [3.63, 3.8) is 0 Å². The lowest BCUT2D eigenvalue weighted by Crippen LogP contribution is -2.38. The van der Waals surface area contributed by atoms with E-state index in [-0.39, 0.29) is 17.5 Å². The maximum atomic E-state index is 12.6. The Hall–Kier alpha value is -0.620. The van der Waals surface area contributed by atoms with Crippen LogP contribution >= 0.6 is 11.6 Å². The molecule has 1 rings (SSSR count). The molecule has 0 fully saturated rings. The number of rotatable bonds is 6. The van der Waals surface area contributed by atoms with Crippen molar-refractivity contribution in [2.75, 3.05) is 13.2 Å². The van der Waals surface area contributed by atoms with E-state index >= 15 is 0 Å². The molecule has 0 saturated heterocycles. The molecule has 19 heavy (non-hydrogen) atoms. The summed E-state index contributed by atoms with van der Waals surface area (Å²) in [6.07, 6.45) is 0.414. The first kappa shape index (κ1) is 16.4. The standard InChI is InChI=1S/C13H20ClNO3S/c1-10(2)15(8-5-9-16)19(17,18)13-7-4-6-12(14)11(13)3/h4,6-7,10,16H,5,8-9H2,1-3H3. The van der Waals surface area contributed by atoms with Gasteiger partial charge in [0.25, 0.3) is 0 Å². The Bertz CT molecular complexity index is 529. The maximum absolute atomic E-state index is 12.6. The first-order valence-electron chi connectivity index (χ1n) is 6.20. The monoisotopic (exact) mass is 305 g/mol. The molecule has 4 nitrogen and oxygen atoms in total. The van der Waals surface area contributed by atoms with Crippen LogP contribution in [0.2, 0.25) is 5.02 Å². The Labute approximate surface area is 120 Å². The van der Waals surface area contributed by atoms with Crippen LogP contribution in [0.25, 0.3) is 0 Å². The molecule has 0 spiro atoms. The molecule has 108 valence electrons. The number of aliphatic hydroxyl groups is 1. The quantitative estimate of drug-likeness (QED) is 0.878. The first-order chi connectivity index (χ1) is 8.82. The van der Waals surface area contributed by atoms with Crippen LogP contribution in [0.15, 0.2) is 23.1 Å². The highest BCUT2D eigenvalue weighted by Crippen LogP contribution is 2.26. The number of aliphatic hydroxyl groups excluding tert-OH is 1. The number of hydrogen-bond donors (Lipinski definition) is 1. The van der Waals surface area contributed by atoms with Crippen molar-refractivity contribution in [2.45, 2.75) is 38.1 Å². The predicted octanol–water partition coefficient (Wildman–Crippen LogP) is 2.43. The second kappa shape index (κ2) is 6.70. The number of halogens is 1. The summed E-state index contributed by atoms with van der Waals surface area (Å²) in [6, 6.07) is 4.69. The van der Waals surface area contributed by atoms with Gasteiger partial charge in [0.2, 0.25) is 10.0 Å². The fraction of sp³-hybridized carbons (Fsp3) is 0.538. The number of benzene rings is 1. The lowest BCUT2D eigenvalue weighted by molar-refractivity contribution is 0.258. The van der Waals surface area contributed by atoms with Crippen molar-refractivity contribution in [1.29, 1.82) is 0 Å². The number of sulfonamides is 1. The molecule has 0 unspecified atom stereocenters. The van der Waals surface area contributed by atoms with E-state index in [2.05, 4.69) is 0 Å². The molecule has 6 heteroatoms. The summed E-state index contributed by atoms with van der Waals surface area (Å²) < 4.78 is 26.7. The first-order valence-corrected chi connectivity index (χ1v) is 8.02. The van der Waals surface area contributed by atoms with Gasteiger partial charge in [-0.05, 0) is 44.9 Å². The Morgan fingerprint density at radius 2 is 2.00 bits per heavy atom. The fourth-order valence-corrected chi connectivity index (χ4v) is 4.03. The molecule has 0 aliphatic rings. The zero-order valence-electron chi connectivity index (χ0n) is 11.4. The third-order valence-corrected chi connectivity index (χ3v) is 5.55. The van der Waals surface area contributed by atoms with Crippen LogP contribution in [0.5, 0.6) is 0 Å². The Morgan fingerprint density at radius 3 is 2.53 bits per heavy atom. The average Bonchev–Trinajstić information content (AvgIpc) is 2.32. The van der Waals surface area contributed by atoms with Gasteiger partial charge in [0.15, 0.2) is 0 Å². The van der Waals surface area contributed by atoms with Crippen molar-refractivity contribution in [1.82, 2.24) is 4.31 Å². The molecule has 0 amide bonds. The van der Waals surface area contributed by atoms with Gasteiger partial charge < -0.3 is 5.11 Å². The molecule has 0 heterocycles. The Balaban J connectivity index is 3.23. The highest BCUT2D eigenvalue weighted by atomic mass is 35.5. The summed E-state index contributed by atoms with van der Waals surface area (Å²) in [7, 11) is -3.59. The van der Waals surface area contributed by atoms with E-state index < -0.39 is 10.0 Å². The van der Waals surface area contributed by atoms with Gasteiger partial charge >= 0.3 is 0 Å². The minimum atomic E-state index is -3.59. The molecule has 0 aliphatic carbocycles. The highest BCUT2D eigenvalue weighted by Gasteiger charge is 2.28. The van der Waals surface area contributed by atoms with Crippen LogP contribution < -0.4 is 0 Å². The Morgan fingerprint density at radius 1 is 1.37 bits per heavy atom. The second-order valence-electron chi connectivity index (χ2n) is 4.65. The fourth-order valence-electron chi connectivity index (χ4n) is 1.88. The van der Waals surface area contributed by atoms with E-state index in [1.807, 2.05) is 13.8 Å². The van der Waals surface area contributed by atoms with Gasteiger partial charge in [-0.3, -0.25) is 0 Å². The summed E-state index contributed by atoms with van der Waals surface area (Å²) in [5.74, 6) is 0. The van der Waals surface area contributed by atoms with E-state index in [4.69, 9.17) is 16.7 Å². The van der Waals surface area contributed by atoms with E-state index in [1.54, 1.807) is 25.1 Å². The number of hydrogen-bond acceptors (Lipinski definition) is 3. The van der Waals surface area contributed by atoms with Gasteiger partial charge in [-0.25, -0.2) is 8.42 Å². The van der Waals surface area contributed by atoms with E-state index in [0.717, 1.165) is 0 Å². The van der Waals surface area contributed by atoms with Crippen LogP contribution in [-0.4, -0.2) is 37.0 Å². The maximum Gasteiger partial charge on any atom is 0.243 e. The van der Waals surface area contributed by atoms with Gasteiger partial charge in [-0.2, -0.15) is 4.31 Å². The van der Waals surface area contributed by atoms with Gasteiger partial charge in [-0.1, -0.05) is 17.7 Å². The summed E-state index contributed by atoms with van der Waals surface area (Å²) in [5.41, 5.74) is 0.554. The number of nitrogens with zero attached hydrogens (tertiary/aromatic N) is 1. The topological polar surface area (TPSA) is 57.6 Å². The van der Waals surface area contributed by atoms with Gasteiger partial charge in [-0.15, -0.1) is 0 Å². The molecule has 0 radical (unpaired) electrons. The van der Waals surface area contributed by atoms with Crippen molar-refractivity contribution < 1.29 is 13.5 Å². The largest absolute Gasteiger partial charge is 0.396 e. The van der Waals surface area contributed by atoms with Gasteiger partial charge in [0.1, 0.15) is 0 Å². The molecule has 1 aromatic rings. The molecular formula is C13H20ClNO3S. The molecule has 1 N–H and O–H groups in total. The Kier molecular flexibility index (Phi) is 5.80. The third-order valence-electron chi connectivity index (χ3n) is 2.92. The van der Waals surface area contributed by atoms with Crippen LogP contribution in [0.1, 0.15) is 25.8 Å². The summed E-state index contributed by atoms with van der Waals surface area (Å²) in [5, 5.41) is 9.33. The third kappa shape index (κ3) is 3.69. The smallest absolute Gasteiger partial charge is 0.243 e. The molecule has 0 atom stereocenters. The zero-order chi connectivity index (χ0) is 14.6. The lowest BCUT2D eigenvalue weighted by Gasteiger charge is -2.26. The van der Waals surface area contributed by atoms with Crippen LogP contribution in [0.3, 0.4) is 0 Å².